The molecule has 0 heterocycles. The van der Waals surface area contributed by atoms with Crippen molar-refractivity contribution in [2.75, 3.05) is 20.1 Å². The van der Waals surface area contributed by atoms with Gasteiger partial charge in [-0.05, 0) is 67.2 Å². The molecular formula is C20H40IN5O3. The van der Waals surface area contributed by atoms with E-state index in [1.165, 1.54) is 0 Å². The van der Waals surface area contributed by atoms with Crippen molar-refractivity contribution >= 4 is 41.9 Å². The summed E-state index contributed by atoms with van der Waals surface area (Å²) in [6, 6.07) is 0.428. The van der Waals surface area contributed by atoms with Crippen LogP contribution in [0.1, 0.15) is 67.2 Å². The van der Waals surface area contributed by atoms with Gasteiger partial charge in [0.2, 0.25) is 5.91 Å². The van der Waals surface area contributed by atoms with Gasteiger partial charge < -0.3 is 26.0 Å². The molecule has 9 heteroatoms. The van der Waals surface area contributed by atoms with E-state index in [4.69, 9.17) is 4.74 Å². The van der Waals surface area contributed by atoms with Crippen LogP contribution in [-0.2, 0) is 9.53 Å². The van der Waals surface area contributed by atoms with Gasteiger partial charge in [0, 0.05) is 25.7 Å². The molecule has 1 rings (SSSR count). The third-order valence-corrected chi connectivity index (χ3v) is 4.61. The second kappa shape index (κ2) is 12.4. The molecule has 0 radical (unpaired) electrons. The van der Waals surface area contributed by atoms with Gasteiger partial charge in [-0.2, -0.15) is 0 Å². The summed E-state index contributed by atoms with van der Waals surface area (Å²) in [4.78, 5) is 28.5. The zero-order valence-electron chi connectivity index (χ0n) is 19.0. The maximum absolute atomic E-state index is 11.9. The Morgan fingerprint density at radius 2 is 1.52 bits per heavy atom. The lowest BCUT2D eigenvalue weighted by Gasteiger charge is -2.31. The zero-order chi connectivity index (χ0) is 21.4. The number of aliphatic imine (C=N–C) groups is 1. The molecule has 1 aliphatic rings. The number of hydrogen-bond acceptors (Lipinski definition) is 4. The van der Waals surface area contributed by atoms with Crippen LogP contribution in [0.25, 0.3) is 0 Å². The Hall–Kier alpha value is -1.26. The molecule has 4 N–H and O–H groups in total. The maximum Gasteiger partial charge on any atom is 0.407 e. The van der Waals surface area contributed by atoms with E-state index in [1.54, 1.807) is 7.05 Å². The second-order valence-corrected chi connectivity index (χ2v) is 9.00. The molecule has 2 amide bonds. The summed E-state index contributed by atoms with van der Waals surface area (Å²) in [6.45, 7) is 12.5. The molecule has 0 unspecified atom stereocenters. The highest BCUT2D eigenvalue weighted by molar-refractivity contribution is 14.0. The first-order valence-electron chi connectivity index (χ1n) is 10.2. The predicted octanol–water partition coefficient (Wildman–Crippen LogP) is 2.77. The van der Waals surface area contributed by atoms with Crippen molar-refractivity contribution in [3.05, 3.63) is 0 Å². The lowest BCUT2D eigenvalue weighted by atomic mass is 9.91. The van der Waals surface area contributed by atoms with E-state index in [-0.39, 0.29) is 48.1 Å². The minimum absolute atomic E-state index is 0. The van der Waals surface area contributed by atoms with Gasteiger partial charge in [0.05, 0.1) is 12.0 Å². The van der Waals surface area contributed by atoms with Gasteiger partial charge in [0.1, 0.15) is 5.60 Å². The molecule has 0 spiro atoms. The number of ether oxygens (including phenoxy) is 1. The van der Waals surface area contributed by atoms with Crippen LogP contribution in [0.4, 0.5) is 4.79 Å². The molecule has 0 aliphatic heterocycles. The normalized spacial score (nSPS) is 20.2. The molecular weight excluding hydrogens is 485 g/mol. The van der Waals surface area contributed by atoms with Crippen LogP contribution in [0, 0.1) is 5.41 Å². The molecule has 170 valence electrons. The molecule has 1 saturated carbocycles. The number of rotatable bonds is 6. The number of alkyl carbamates (subject to hydrolysis) is 1. The standard InChI is InChI=1S/C20H39N5O3.HI/c1-8-22-17(23-13-20(5,6)16(26)21-7)24-14-9-11-15(12-10-14)25-18(27)28-19(2,3)4;/h14-15H,8-13H2,1-7H3,(H,21,26)(H,25,27)(H2,22,23,24);1H. The molecule has 0 aromatic heterocycles. The second-order valence-electron chi connectivity index (χ2n) is 9.00. The maximum atomic E-state index is 11.9. The summed E-state index contributed by atoms with van der Waals surface area (Å²) in [5.74, 6) is 0.698. The zero-order valence-corrected chi connectivity index (χ0v) is 21.3. The summed E-state index contributed by atoms with van der Waals surface area (Å²) in [5, 5.41) is 12.3. The van der Waals surface area contributed by atoms with Crippen molar-refractivity contribution in [1.82, 2.24) is 21.3 Å². The molecule has 0 atom stereocenters. The summed E-state index contributed by atoms with van der Waals surface area (Å²) in [6.07, 6.45) is 3.29. The monoisotopic (exact) mass is 525 g/mol. The van der Waals surface area contributed by atoms with Crippen molar-refractivity contribution in [2.45, 2.75) is 84.9 Å². The number of nitrogens with zero attached hydrogens (tertiary/aromatic N) is 1. The molecule has 8 nitrogen and oxygen atoms in total. The average Bonchev–Trinajstić information content (AvgIpc) is 2.59. The Morgan fingerprint density at radius 1 is 1.00 bits per heavy atom. The first-order valence-corrected chi connectivity index (χ1v) is 10.2. The van der Waals surface area contributed by atoms with Gasteiger partial charge in [-0.3, -0.25) is 9.79 Å². The van der Waals surface area contributed by atoms with Crippen LogP contribution < -0.4 is 21.3 Å². The Bertz CT molecular complexity index is 553. The molecule has 0 aromatic carbocycles. The highest BCUT2D eigenvalue weighted by atomic mass is 127. The van der Waals surface area contributed by atoms with Crippen molar-refractivity contribution < 1.29 is 14.3 Å². The van der Waals surface area contributed by atoms with Gasteiger partial charge in [0.15, 0.2) is 5.96 Å². The number of hydrogen-bond donors (Lipinski definition) is 4. The SMILES string of the molecule is CCNC(=NCC(C)(C)C(=O)NC)NC1CCC(NC(=O)OC(C)(C)C)CC1.I. The first kappa shape index (κ1) is 27.7. The summed E-state index contributed by atoms with van der Waals surface area (Å²) in [5.41, 5.74) is -1.05. The van der Waals surface area contributed by atoms with E-state index >= 15 is 0 Å². The fourth-order valence-electron chi connectivity index (χ4n) is 3.06. The minimum atomic E-state index is -0.563. The number of carbonyl (C=O) groups is 2. The van der Waals surface area contributed by atoms with Gasteiger partial charge in [-0.1, -0.05) is 0 Å². The number of halogens is 1. The predicted molar refractivity (Wildman–Crippen MR) is 128 cm³/mol. The highest BCUT2D eigenvalue weighted by Crippen LogP contribution is 2.20. The topological polar surface area (TPSA) is 104 Å². The average molecular weight is 525 g/mol. The Kier molecular flexibility index (Phi) is 11.9. The van der Waals surface area contributed by atoms with E-state index in [0.717, 1.165) is 38.2 Å². The smallest absolute Gasteiger partial charge is 0.407 e. The molecule has 0 aromatic rings. The minimum Gasteiger partial charge on any atom is -0.444 e. The Balaban J connectivity index is 0.00000784. The van der Waals surface area contributed by atoms with E-state index in [2.05, 4.69) is 26.3 Å². The molecule has 0 saturated heterocycles. The van der Waals surface area contributed by atoms with Crippen molar-refractivity contribution in [3.8, 4) is 0 Å². The van der Waals surface area contributed by atoms with Crippen LogP contribution >= 0.6 is 24.0 Å². The van der Waals surface area contributed by atoms with Crippen LogP contribution in [-0.4, -0.2) is 55.8 Å². The molecule has 29 heavy (non-hydrogen) atoms. The van der Waals surface area contributed by atoms with Crippen molar-refractivity contribution in [1.29, 1.82) is 0 Å². The highest BCUT2D eigenvalue weighted by Gasteiger charge is 2.28. The molecule has 1 aliphatic carbocycles. The van der Waals surface area contributed by atoms with Crippen LogP contribution in [0.3, 0.4) is 0 Å². The van der Waals surface area contributed by atoms with Crippen molar-refractivity contribution in [2.24, 2.45) is 10.4 Å². The Labute approximate surface area is 192 Å². The largest absolute Gasteiger partial charge is 0.444 e. The third-order valence-electron chi connectivity index (χ3n) is 4.61. The van der Waals surface area contributed by atoms with Gasteiger partial charge in [-0.15, -0.1) is 24.0 Å². The Morgan fingerprint density at radius 3 is 1.97 bits per heavy atom. The number of carbonyl (C=O) groups excluding carboxylic acids is 2. The summed E-state index contributed by atoms with van der Waals surface area (Å²) < 4.78 is 5.33. The summed E-state index contributed by atoms with van der Waals surface area (Å²) >= 11 is 0. The van der Waals surface area contributed by atoms with Gasteiger partial charge in [0.25, 0.3) is 0 Å². The first-order chi connectivity index (χ1) is 13.0. The fraction of sp³-hybridized carbons (Fsp3) is 0.850. The lowest BCUT2D eigenvalue weighted by Crippen LogP contribution is -2.48. The number of guanidine groups is 1. The quantitative estimate of drug-likeness (QED) is 0.243. The number of amides is 2. The van der Waals surface area contributed by atoms with Crippen LogP contribution in [0.15, 0.2) is 4.99 Å². The summed E-state index contributed by atoms with van der Waals surface area (Å²) in [7, 11) is 1.64. The van der Waals surface area contributed by atoms with E-state index in [0.29, 0.717) is 6.54 Å². The van der Waals surface area contributed by atoms with Crippen LogP contribution in [0.5, 0.6) is 0 Å². The van der Waals surface area contributed by atoms with Crippen molar-refractivity contribution in [3.63, 3.8) is 0 Å². The van der Waals surface area contributed by atoms with E-state index < -0.39 is 11.0 Å². The fourth-order valence-corrected chi connectivity index (χ4v) is 3.06. The third kappa shape index (κ3) is 10.9. The molecule has 1 fully saturated rings. The van der Waals surface area contributed by atoms with E-state index in [1.807, 2.05) is 41.5 Å². The lowest BCUT2D eigenvalue weighted by molar-refractivity contribution is -0.128. The molecule has 0 bridgehead atoms. The van der Waals surface area contributed by atoms with Gasteiger partial charge >= 0.3 is 6.09 Å². The van der Waals surface area contributed by atoms with Crippen LogP contribution in [0.2, 0.25) is 0 Å². The van der Waals surface area contributed by atoms with Gasteiger partial charge in [-0.25, -0.2) is 4.79 Å². The van der Waals surface area contributed by atoms with E-state index in [9.17, 15) is 9.59 Å². The number of nitrogens with one attached hydrogen (secondary N) is 4.